The van der Waals surface area contributed by atoms with Gasteiger partial charge in [0.2, 0.25) is 0 Å². The molecule has 0 spiro atoms. The first-order valence-corrected chi connectivity index (χ1v) is 9.80. The number of aromatic nitrogens is 2. The van der Waals surface area contributed by atoms with E-state index in [0.717, 1.165) is 0 Å². The molecule has 1 aliphatic heterocycles. The Morgan fingerprint density at radius 3 is 2.64 bits per heavy atom. The van der Waals surface area contributed by atoms with Crippen molar-refractivity contribution in [3.05, 3.63) is 22.2 Å². The first kappa shape index (κ1) is 20.1. The summed E-state index contributed by atoms with van der Waals surface area (Å²) >= 11 is 0. The zero-order chi connectivity index (χ0) is 18.9. The molecule has 1 fully saturated rings. The van der Waals surface area contributed by atoms with Gasteiger partial charge in [0.15, 0.2) is 6.23 Å². The number of nitrogens with two attached hydrogens (primary N) is 1. The topological polar surface area (TPSA) is 126 Å². The van der Waals surface area contributed by atoms with Crippen LogP contribution in [0.4, 0.5) is 5.82 Å². The van der Waals surface area contributed by atoms with Crippen molar-refractivity contribution in [2.45, 2.75) is 64.8 Å². The average Bonchev–Trinajstić information content (AvgIpc) is 2.84. The largest absolute Gasteiger partial charge is 0.383 e. The zero-order valence-electron chi connectivity index (χ0n) is 15.1. The second-order valence-electron chi connectivity index (χ2n) is 6.67. The van der Waals surface area contributed by atoms with Crippen molar-refractivity contribution < 1.29 is 23.5 Å². The van der Waals surface area contributed by atoms with E-state index in [1.807, 2.05) is 13.8 Å². The van der Waals surface area contributed by atoms with Crippen LogP contribution in [0.2, 0.25) is 0 Å². The van der Waals surface area contributed by atoms with Crippen molar-refractivity contribution in [1.82, 2.24) is 9.55 Å². The molecule has 0 bridgehead atoms. The molecule has 2 rings (SSSR count). The third-order valence-corrected chi connectivity index (χ3v) is 5.75. The Morgan fingerprint density at radius 2 is 2.08 bits per heavy atom. The fourth-order valence-electron chi connectivity index (χ4n) is 2.45. The molecule has 0 aliphatic carbocycles. The molecule has 10 heteroatoms. The van der Waals surface area contributed by atoms with E-state index in [1.54, 1.807) is 20.8 Å². The third-order valence-electron chi connectivity index (χ3n) is 3.90. The van der Waals surface area contributed by atoms with Gasteiger partial charge in [0.25, 0.3) is 0 Å². The predicted octanol–water partition coefficient (Wildman–Crippen LogP) is 1.44. The minimum Gasteiger partial charge on any atom is -0.383 e. The lowest BCUT2D eigenvalue weighted by Gasteiger charge is -2.28. The molecule has 1 aromatic heterocycles. The van der Waals surface area contributed by atoms with Gasteiger partial charge in [-0.2, -0.15) is 4.98 Å². The summed E-state index contributed by atoms with van der Waals surface area (Å²) in [6.45, 7) is 8.69. The molecular formula is C15H26N3O6P. The van der Waals surface area contributed by atoms with Gasteiger partial charge in [-0.25, -0.2) is 4.79 Å². The summed E-state index contributed by atoms with van der Waals surface area (Å²) in [5.74, 6) is 0.127. The van der Waals surface area contributed by atoms with Gasteiger partial charge >= 0.3 is 13.3 Å². The van der Waals surface area contributed by atoms with Crippen LogP contribution in [-0.2, 0) is 18.6 Å². The van der Waals surface area contributed by atoms with E-state index < -0.39 is 37.4 Å². The van der Waals surface area contributed by atoms with Gasteiger partial charge < -0.3 is 20.1 Å². The monoisotopic (exact) mass is 375 g/mol. The Labute approximate surface area is 146 Å². The van der Waals surface area contributed by atoms with Crippen molar-refractivity contribution >= 4 is 13.4 Å². The van der Waals surface area contributed by atoms with Gasteiger partial charge in [-0.15, -0.1) is 0 Å². The minimum absolute atomic E-state index is 0.126. The van der Waals surface area contributed by atoms with Crippen LogP contribution in [0.5, 0.6) is 0 Å². The van der Waals surface area contributed by atoms with E-state index in [-0.39, 0.29) is 18.5 Å². The number of hydrogen-bond acceptors (Lipinski definition) is 7. The van der Waals surface area contributed by atoms with Crippen LogP contribution < -0.4 is 11.4 Å². The Kier molecular flexibility index (Phi) is 6.06. The van der Waals surface area contributed by atoms with Crippen LogP contribution in [0.1, 0.15) is 39.5 Å². The molecule has 0 amide bonds. The Balaban J connectivity index is 2.40. The number of hydrogen-bond donors (Lipinski definition) is 2. The summed E-state index contributed by atoms with van der Waals surface area (Å²) in [6.07, 6.45) is -1.08. The second kappa shape index (κ2) is 7.55. The van der Waals surface area contributed by atoms with Gasteiger partial charge in [-0.1, -0.05) is 13.8 Å². The van der Waals surface area contributed by atoms with Crippen molar-refractivity contribution in [2.75, 3.05) is 12.3 Å². The van der Waals surface area contributed by atoms with Crippen LogP contribution >= 0.6 is 7.60 Å². The molecule has 0 saturated carbocycles. The van der Waals surface area contributed by atoms with Crippen LogP contribution in [-0.4, -0.2) is 45.0 Å². The van der Waals surface area contributed by atoms with E-state index in [0.29, 0.717) is 5.56 Å². The fraction of sp³-hybridized carbons (Fsp3) is 0.733. The summed E-state index contributed by atoms with van der Waals surface area (Å²) < 4.78 is 30.5. The molecule has 4 atom stereocenters. The molecular weight excluding hydrogens is 349 g/mol. The Morgan fingerprint density at radius 1 is 1.44 bits per heavy atom. The average molecular weight is 375 g/mol. The van der Waals surface area contributed by atoms with Gasteiger partial charge in [-0.05, 0) is 20.8 Å². The highest BCUT2D eigenvalue weighted by Gasteiger charge is 2.45. The van der Waals surface area contributed by atoms with E-state index in [1.165, 1.54) is 10.8 Å². The lowest BCUT2D eigenvalue weighted by Crippen LogP contribution is -2.39. The number of rotatable bonds is 6. The van der Waals surface area contributed by atoms with Crippen molar-refractivity contribution in [3.63, 3.8) is 0 Å². The molecule has 3 N–H and O–H groups in total. The lowest BCUT2D eigenvalue weighted by atomic mass is 10.2. The molecule has 2 unspecified atom stereocenters. The van der Waals surface area contributed by atoms with E-state index in [4.69, 9.17) is 19.7 Å². The fourth-order valence-corrected chi connectivity index (χ4v) is 3.28. The maximum absolute atomic E-state index is 12.4. The van der Waals surface area contributed by atoms with Gasteiger partial charge in [-0.3, -0.25) is 13.7 Å². The minimum atomic E-state index is -3.91. The highest BCUT2D eigenvalue weighted by Crippen LogP contribution is 2.51. The molecule has 1 saturated heterocycles. The maximum Gasteiger partial charge on any atom is 0.351 e. The standard InChI is InChI=1S/C15H26N3O6P/c1-8(2)23-11-7-22-14(12(11)24-25(20,21)9(3)4)18-6-10(5)13(16)17-15(18)19/h6,8-9,11-12,14H,7H2,1-5H3,(H,20,21)(H2,16,17,19)/t11-,12?,14-/m1/s1. The number of nitrogens with zero attached hydrogens (tertiary/aromatic N) is 2. The summed E-state index contributed by atoms with van der Waals surface area (Å²) in [7, 11) is -3.91. The molecule has 9 nitrogen and oxygen atoms in total. The normalized spacial score (nSPS) is 26.3. The van der Waals surface area contributed by atoms with Gasteiger partial charge in [0.05, 0.1) is 18.4 Å². The number of nitrogen functional groups attached to an aromatic ring is 1. The first-order chi connectivity index (χ1) is 11.5. The highest BCUT2D eigenvalue weighted by atomic mass is 31.2. The lowest BCUT2D eigenvalue weighted by molar-refractivity contribution is -0.0482. The summed E-state index contributed by atoms with van der Waals surface area (Å²) in [4.78, 5) is 26.1. The van der Waals surface area contributed by atoms with Crippen molar-refractivity contribution in [1.29, 1.82) is 0 Å². The molecule has 0 aromatic carbocycles. The Hall–Kier alpha value is -1.25. The van der Waals surface area contributed by atoms with E-state index >= 15 is 0 Å². The second-order valence-corrected chi connectivity index (χ2v) is 9.05. The van der Waals surface area contributed by atoms with Crippen LogP contribution in [0.15, 0.2) is 11.0 Å². The van der Waals surface area contributed by atoms with Gasteiger partial charge in [0.1, 0.15) is 18.0 Å². The third kappa shape index (κ3) is 4.48. The molecule has 0 radical (unpaired) electrons. The molecule has 1 aromatic rings. The number of ether oxygens (including phenoxy) is 2. The Bertz CT molecular complexity index is 720. The summed E-state index contributed by atoms with van der Waals surface area (Å²) in [5.41, 5.74) is 5.02. The van der Waals surface area contributed by atoms with Gasteiger partial charge in [0, 0.05) is 11.8 Å². The van der Waals surface area contributed by atoms with Crippen LogP contribution in [0.25, 0.3) is 0 Å². The van der Waals surface area contributed by atoms with E-state index in [9.17, 15) is 14.3 Å². The smallest absolute Gasteiger partial charge is 0.351 e. The first-order valence-electron chi connectivity index (χ1n) is 8.16. The number of aryl methyl sites for hydroxylation is 1. The highest BCUT2D eigenvalue weighted by molar-refractivity contribution is 7.53. The van der Waals surface area contributed by atoms with Crippen molar-refractivity contribution in [2.24, 2.45) is 0 Å². The maximum atomic E-state index is 12.4. The summed E-state index contributed by atoms with van der Waals surface area (Å²) in [6, 6.07) is 0. The van der Waals surface area contributed by atoms with E-state index in [2.05, 4.69) is 4.98 Å². The summed E-state index contributed by atoms with van der Waals surface area (Å²) in [5, 5.41) is 0. The number of anilines is 1. The molecule has 2 heterocycles. The van der Waals surface area contributed by atoms with Crippen LogP contribution in [0.3, 0.4) is 0 Å². The van der Waals surface area contributed by atoms with Crippen molar-refractivity contribution in [3.8, 4) is 0 Å². The SMILES string of the molecule is Cc1cn([C@@H]2OC[C@@H](OC(C)C)C2OP(=O)(O)C(C)C)c(=O)nc1N. The van der Waals surface area contributed by atoms with Crippen LogP contribution in [0, 0.1) is 6.92 Å². The molecule has 1 aliphatic rings. The molecule has 142 valence electrons. The molecule has 25 heavy (non-hydrogen) atoms. The quantitative estimate of drug-likeness (QED) is 0.715. The zero-order valence-corrected chi connectivity index (χ0v) is 16.0. The predicted molar refractivity (Wildman–Crippen MR) is 92.5 cm³/mol.